The van der Waals surface area contributed by atoms with E-state index in [0.29, 0.717) is 33.8 Å². The van der Waals surface area contributed by atoms with Crippen molar-refractivity contribution in [2.24, 2.45) is 0 Å². The normalized spacial score (nSPS) is 11.1. The van der Waals surface area contributed by atoms with E-state index in [2.05, 4.69) is 5.10 Å². The molecule has 0 aliphatic carbocycles. The van der Waals surface area contributed by atoms with Crippen LogP contribution in [0.3, 0.4) is 0 Å². The van der Waals surface area contributed by atoms with Crippen LogP contribution in [0.1, 0.15) is 32.6 Å². The van der Waals surface area contributed by atoms with Crippen molar-refractivity contribution in [2.45, 2.75) is 20.8 Å². The molecular formula is C29H26N2O4. The lowest BCUT2D eigenvalue weighted by Gasteiger charge is -2.10. The molecule has 0 atom stereocenters. The number of methoxy groups -OCH3 is 2. The average Bonchev–Trinajstić information content (AvgIpc) is 3.50. The number of hydrogen-bond donors (Lipinski definition) is 0. The predicted molar refractivity (Wildman–Crippen MR) is 136 cm³/mol. The van der Waals surface area contributed by atoms with Crippen LogP contribution in [0.5, 0.6) is 11.5 Å². The van der Waals surface area contributed by atoms with Gasteiger partial charge in [0.15, 0.2) is 5.78 Å². The molecule has 35 heavy (non-hydrogen) atoms. The van der Waals surface area contributed by atoms with E-state index in [0.717, 1.165) is 33.5 Å². The number of benzene rings is 3. The van der Waals surface area contributed by atoms with E-state index >= 15 is 0 Å². The summed E-state index contributed by atoms with van der Waals surface area (Å²) in [5.74, 6) is 1.82. The zero-order valence-corrected chi connectivity index (χ0v) is 20.4. The van der Waals surface area contributed by atoms with E-state index in [4.69, 9.17) is 13.9 Å². The topological polar surface area (TPSA) is 66.5 Å². The van der Waals surface area contributed by atoms with Crippen molar-refractivity contribution in [1.82, 2.24) is 9.78 Å². The first-order valence-electron chi connectivity index (χ1n) is 11.3. The van der Waals surface area contributed by atoms with E-state index in [9.17, 15) is 4.79 Å². The Morgan fingerprint density at radius 3 is 2.43 bits per heavy atom. The Kier molecular flexibility index (Phi) is 5.65. The van der Waals surface area contributed by atoms with Gasteiger partial charge < -0.3 is 13.9 Å². The molecule has 0 N–H and O–H groups in total. The molecule has 176 valence electrons. The van der Waals surface area contributed by atoms with E-state index in [1.807, 2.05) is 75.5 Å². The van der Waals surface area contributed by atoms with Gasteiger partial charge in [-0.2, -0.15) is 5.10 Å². The number of hydrogen-bond acceptors (Lipinski definition) is 5. The van der Waals surface area contributed by atoms with Crippen molar-refractivity contribution < 1.29 is 18.7 Å². The van der Waals surface area contributed by atoms with Crippen LogP contribution < -0.4 is 9.47 Å². The van der Waals surface area contributed by atoms with Crippen molar-refractivity contribution in [3.05, 3.63) is 94.8 Å². The number of carbonyl (C=O) groups excluding carboxylic acids is 1. The summed E-state index contributed by atoms with van der Waals surface area (Å²) in [6.07, 6.45) is 3.58. The van der Waals surface area contributed by atoms with Crippen molar-refractivity contribution in [2.75, 3.05) is 14.2 Å². The fourth-order valence-electron chi connectivity index (χ4n) is 4.26. The molecule has 0 aliphatic rings. The molecule has 0 aliphatic heterocycles. The zero-order valence-electron chi connectivity index (χ0n) is 20.4. The maximum atomic E-state index is 13.9. The van der Waals surface area contributed by atoms with Gasteiger partial charge in [-0.05, 0) is 79.9 Å². The Morgan fingerprint density at radius 1 is 0.943 bits per heavy atom. The second-order valence-corrected chi connectivity index (χ2v) is 8.63. The number of aryl methyl sites for hydroxylation is 2. The number of ketones is 1. The number of carbonyl (C=O) groups is 1. The summed E-state index contributed by atoms with van der Waals surface area (Å²) >= 11 is 0. The third-order valence-electron chi connectivity index (χ3n) is 6.36. The molecule has 0 amide bonds. The number of furan rings is 1. The molecule has 3 aromatic carbocycles. The van der Waals surface area contributed by atoms with Crippen LogP contribution in [0, 0.1) is 20.8 Å². The quantitative estimate of drug-likeness (QED) is 0.269. The van der Waals surface area contributed by atoms with E-state index in [1.165, 1.54) is 0 Å². The molecule has 0 bridgehead atoms. The molecule has 2 aromatic heterocycles. The molecule has 6 heteroatoms. The second-order valence-electron chi connectivity index (χ2n) is 8.63. The molecule has 2 heterocycles. The van der Waals surface area contributed by atoms with Crippen molar-refractivity contribution in [3.8, 4) is 28.5 Å². The number of fused-ring (bicyclic) bond motifs is 1. The van der Waals surface area contributed by atoms with E-state index < -0.39 is 0 Å². The van der Waals surface area contributed by atoms with Crippen LogP contribution in [-0.4, -0.2) is 29.8 Å². The van der Waals surface area contributed by atoms with Gasteiger partial charge in [0.25, 0.3) is 0 Å². The first-order chi connectivity index (χ1) is 16.9. The van der Waals surface area contributed by atoms with Crippen LogP contribution >= 0.6 is 0 Å². The molecule has 5 aromatic rings. The fraction of sp³-hybridized carbons (Fsp3) is 0.172. The summed E-state index contributed by atoms with van der Waals surface area (Å²) in [5.41, 5.74) is 6.37. The van der Waals surface area contributed by atoms with Gasteiger partial charge in [0.05, 0.1) is 37.2 Å². The monoisotopic (exact) mass is 466 g/mol. The SMILES string of the molecule is COc1ccc(-n2cc(-c3oc4cc(C)ccc4c3C(=O)c3cc(C)c(C)c(OC)c3)cn2)cc1. The van der Waals surface area contributed by atoms with Crippen LogP contribution in [0.4, 0.5) is 0 Å². The largest absolute Gasteiger partial charge is 0.497 e. The van der Waals surface area contributed by atoms with Crippen LogP contribution in [0.2, 0.25) is 0 Å². The van der Waals surface area contributed by atoms with Crippen molar-refractivity contribution in [1.29, 1.82) is 0 Å². The average molecular weight is 467 g/mol. The third kappa shape index (κ3) is 3.97. The third-order valence-corrected chi connectivity index (χ3v) is 6.36. The van der Waals surface area contributed by atoms with Gasteiger partial charge in [-0.1, -0.05) is 12.1 Å². The summed E-state index contributed by atoms with van der Waals surface area (Å²) in [4.78, 5) is 13.9. The minimum Gasteiger partial charge on any atom is -0.497 e. The first kappa shape index (κ1) is 22.5. The molecule has 0 saturated carbocycles. The Bertz CT molecular complexity index is 1560. The molecule has 0 radical (unpaired) electrons. The minimum atomic E-state index is -0.124. The lowest BCUT2D eigenvalue weighted by Crippen LogP contribution is -2.04. The summed E-state index contributed by atoms with van der Waals surface area (Å²) in [7, 11) is 3.25. The van der Waals surface area contributed by atoms with Gasteiger partial charge in [-0.25, -0.2) is 4.68 Å². The fourth-order valence-corrected chi connectivity index (χ4v) is 4.26. The van der Waals surface area contributed by atoms with Gasteiger partial charge in [-0.3, -0.25) is 4.79 Å². The molecule has 5 rings (SSSR count). The first-order valence-corrected chi connectivity index (χ1v) is 11.3. The molecule has 0 unspecified atom stereocenters. The maximum Gasteiger partial charge on any atom is 0.197 e. The van der Waals surface area contributed by atoms with Gasteiger partial charge in [0, 0.05) is 17.1 Å². The number of aromatic nitrogens is 2. The highest BCUT2D eigenvalue weighted by molar-refractivity contribution is 6.19. The minimum absolute atomic E-state index is 0.124. The summed E-state index contributed by atoms with van der Waals surface area (Å²) in [6, 6.07) is 17.2. The molecular weight excluding hydrogens is 440 g/mol. The van der Waals surface area contributed by atoms with Gasteiger partial charge in [0.2, 0.25) is 0 Å². The maximum absolute atomic E-state index is 13.9. The Balaban J connectivity index is 1.65. The van der Waals surface area contributed by atoms with Crippen molar-refractivity contribution in [3.63, 3.8) is 0 Å². The smallest absolute Gasteiger partial charge is 0.197 e. The number of rotatable bonds is 6. The van der Waals surface area contributed by atoms with Crippen LogP contribution in [0.25, 0.3) is 28.0 Å². The summed E-state index contributed by atoms with van der Waals surface area (Å²) in [6.45, 7) is 5.96. The Labute approximate surface area is 203 Å². The standard InChI is InChI=1S/C29H26N2O4/c1-17-6-11-24-26(12-17)35-29(21-15-30-31(16-21)22-7-9-23(33-4)10-8-22)27(24)28(32)20-13-18(2)19(3)25(14-20)34-5/h6-16H,1-5H3. The summed E-state index contributed by atoms with van der Waals surface area (Å²) < 4.78 is 18.8. The van der Waals surface area contributed by atoms with Gasteiger partial charge >= 0.3 is 0 Å². The highest BCUT2D eigenvalue weighted by Gasteiger charge is 2.25. The molecule has 0 saturated heterocycles. The lowest BCUT2D eigenvalue weighted by molar-refractivity contribution is 0.104. The van der Waals surface area contributed by atoms with Gasteiger partial charge in [-0.15, -0.1) is 0 Å². The van der Waals surface area contributed by atoms with Crippen molar-refractivity contribution >= 4 is 16.8 Å². The van der Waals surface area contributed by atoms with Crippen LogP contribution in [0.15, 0.2) is 71.4 Å². The molecule has 0 spiro atoms. The molecule has 6 nitrogen and oxygen atoms in total. The van der Waals surface area contributed by atoms with E-state index in [-0.39, 0.29) is 5.78 Å². The zero-order chi connectivity index (χ0) is 24.7. The number of nitrogens with zero attached hydrogens (tertiary/aromatic N) is 2. The molecule has 0 fully saturated rings. The Hall–Kier alpha value is -4.32. The second kappa shape index (κ2) is 8.80. The van der Waals surface area contributed by atoms with Gasteiger partial charge in [0.1, 0.15) is 22.8 Å². The highest BCUT2D eigenvalue weighted by atomic mass is 16.5. The van der Waals surface area contributed by atoms with E-state index in [1.54, 1.807) is 31.2 Å². The predicted octanol–water partition coefficient (Wildman–Crippen LogP) is 6.46. The lowest BCUT2D eigenvalue weighted by atomic mass is 9.95. The summed E-state index contributed by atoms with van der Waals surface area (Å²) in [5, 5.41) is 5.29. The highest BCUT2D eigenvalue weighted by Crippen LogP contribution is 2.37. The van der Waals surface area contributed by atoms with Crippen LogP contribution in [-0.2, 0) is 0 Å². The number of ether oxygens (including phenoxy) is 2. The Morgan fingerprint density at radius 2 is 1.71 bits per heavy atom.